The molecule has 6 nitrogen and oxygen atoms in total. The second kappa shape index (κ2) is 6.41. The van der Waals surface area contributed by atoms with Gasteiger partial charge in [0.2, 0.25) is 11.8 Å². The summed E-state index contributed by atoms with van der Waals surface area (Å²) >= 11 is 0. The minimum Gasteiger partial charge on any atom is -0.445 e. The molecule has 2 aliphatic heterocycles. The Bertz CT molecular complexity index is 735. The van der Waals surface area contributed by atoms with E-state index in [1.165, 1.54) is 4.90 Å². The number of carbonyl (C=O) groups is 3. The lowest BCUT2D eigenvalue weighted by Gasteiger charge is -2.25. The Morgan fingerprint density at radius 1 is 1.19 bits per heavy atom. The summed E-state index contributed by atoms with van der Waals surface area (Å²) in [5, 5.41) is 0. The molecule has 5 atom stereocenters. The lowest BCUT2D eigenvalue weighted by atomic mass is 10.0. The molecule has 138 valence electrons. The second-order valence-corrected chi connectivity index (χ2v) is 7.73. The molecule has 3 amide bonds. The number of likely N-dealkylation sites (tertiary alicyclic amines) is 2. The van der Waals surface area contributed by atoms with Gasteiger partial charge >= 0.3 is 6.09 Å². The van der Waals surface area contributed by atoms with E-state index in [2.05, 4.69) is 0 Å². The minimum absolute atomic E-state index is 0.0241. The third-order valence-corrected chi connectivity index (χ3v) is 5.99. The van der Waals surface area contributed by atoms with Crippen molar-refractivity contribution >= 4 is 17.9 Å². The normalized spacial score (nSPS) is 32.5. The van der Waals surface area contributed by atoms with Crippen LogP contribution < -0.4 is 0 Å². The van der Waals surface area contributed by atoms with Gasteiger partial charge in [-0.3, -0.25) is 14.5 Å². The maximum atomic E-state index is 12.7. The third kappa shape index (κ3) is 2.77. The van der Waals surface area contributed by atoms with Crippen molar-refractivity contribution in [2.24, 2.45) is 17.8 Å². The molecular weight excluding hydrogens is 332 g/mol. The van der Waals surface area contributed by atoms with Crippen molar-refractivity contribution in [1.29, 1.82) is 0 Å². The standard InChI is InChI=1S/C20H24N2O4/c1-12-10-15(12)19(24)22-16-8-9-21(17(16)13(2)18(22)23)20(25)26-11-14-6-4-3-5-7-14/h3-7,12-13,15-17H,8-11H2,1-2H3/t12?,13-,15?,16-,17+/m1/s1. The Morgan fingerprint density at radius 3 is 2.54 bits per heavy atom. The van der Waals surface area contributed by atoms with Crippen LogP contribution in [0.5, 0.6) is 0 Å². The Balaban J connectivity index is 1.44. The quantitative estimate of drug-likeness (QED) is 0.780. The van der Waals surface area contributed by atoms with E-state index in [1.54, 1.807) is 4.90 Å². The number of hydrogen-bond donors (Lipinski definition) is 0. The van der Waals surface area contributed by atoms with Gasteiger partial charge in [0, 0.05) is 12.5 Å². The van der Waals surface area contributed by atoms with Gasteiger partial charge < -0.3 is 9.64 Å². The molecular formula is C20H24N2O4. The predicted molar refractivity (Wildman–Crippen MR) is 93.8 cm³/mol. The molecule has 26 heavy (non-hydrogen) atoms. The Hall–Kier alpha value is -2.37. The molecule has 6 heteroatoms. The van der Waals surface area contributed by atoms with Crippen LogP contribution in [0.2, 0.25) is 0 Å². The largest absolute Gasteiger partial charge is 0.445 e. The lowest BCUT2D eigenvalue weighted by Crippen LogP contribution is -2.43. The summed E-state index contributed by atoms with van der Waals surface area (Å²) in [5.74, 6) is -0.238. The predicted octanol–water partition coefficient (Wildman–Crippen LogP) is 2.43. The Kier molecular flexibility index (Phi) is 4.21. The molecule has 1 saturated carbocycles. The molecule has 1 aromatic rings. The zero-order chi connectivity index (χ0) is 18.4. The fourth-order valence-corrected chi connectivity index (χ4v) is 4.34. The molecule has 2 heterocycles. The molecule has 2 unspecified atom stereocenters. The van der Waals surface area contributed by atoms with E-state index >= 15 is 0 Å². The van der Waals surface area contributed by atoms with Gasteiger partial charge in [-0.2, -0.15) is 0 Å². The van der Waals surface area contributed by atoms with E-state index in [4.69, 9.17) is 4.74 Å². The smallest absolute Gasteiger partial charge is 0.410 e. The van der Waals surface area contributed by atoms with Crippen LogP contribution in [0.1, 0.15) is 32.3 Å². The number of fused-ring (bicyclic) bond motifs is 1. The zero-order valence-electron chi connectivity index (χ0n) is 15.1. The van der Waals surface area contributed by atoms with E-state index < -0.39 is 6.09 Å². The van der Waals surface area contributed by atoms with Gasteiger partial charge in [-0.05, 0) is 24.3 Å². The van der Waals surface area contributed by atoms with Crippen LogP contribution in [0.15, 0.2) is 30.3 Å². The van der Waals surface area contributed by atoms with Crippen molar-refractivity contribution in [2.75, 3.05) is 6.54 Å². The van der Waals surface area contributed by atoms with Gasteiger partial charge in [0.25, 0.3) is 0 Å². The topological polar surface area (TPSA) is 66.9 Å². The molecule has 0 N–H and O–H groups in total. The number of nitrogens with zero attached hydrogens (tertiary/aromatic N) is 2. The van der Waals surface area contributed by atoms with E-state index in [-0.39, 0.29) is 42.3 Å². The van der Waals surface area contributed by atoms with Crippen LogP contribution in [-0.4, -0.2) is 46.3 Å². The van der Waals surface area contributed by atoms with Crippen LogP contribution in [0.4, 0.5) is 4.79 Å². The van der Waals surface area contributed by atoms with Gasteiger partial charge in [-0.15, -0.1) is 0 Å². The highest BCUT2D eigenvalue weighted by Gasteiger charge is 2.57. The van der Waals surface area contributed by atoms with Gasteiger partial charge in [-0.1, -0.05) is 44.2 Å². The molecule has 0 spiro atoms. The van der Waals surface area contributed by atoms with Crippen LogP contribution in [0.25, 0.3) is 0 Å². The average Bonchev–Trinajstić information content (AvgIpc) is 3.13. The van der Waals surface area contributed by atoms with Crippen molar-refractivity contribution in [3.05, 3.63) is 35.9 Å². The highest BCUT2D eigenvalue weighted by atomic mass is 16.6. The van der Waals surface area contributed by atoms with Crippen LogP contribution >= 0.6 is 0 Å². The Labute approximate surface area is 153 Å². The summed E-state index contributed by atoms with van der Waals surface area (Å²) in [5.41, 5.74) is 0.923. The molecule has 0 radical (unpaired) electrons. The highest BCUT2D eigenvalue weighted by Crippen LogP contribution is 2.44. The van der Waals surface area contributed by atoms with Crippen molar-refractivity contribution in [2.45, 2.75) is 45.4 Å². The molecule has 2 saturated heterocycles. The van der Waals surface area contributed by atoms with Gasteiger partial charge in [-0.25, -0.2) is 4.79 Å². The third-order valence-electron chi connectivity index (χ3n) is 5.99. The molecule has 1 aliphatic carbocycles. The molecule has 0 aromatic heterocycles. The maximum Gasteiger partial charge on any atom is 0.410 e. The number of amides is 3. The number of hydrogen-bond acceptors (Lipinski definition) is 4. The molecule has 4 rings (SSSR count). The van der Waals surface area contributed by atoms with E-state index in [1.807, 2.05) is 44.2 Å². The summed E-state index contributed by atoms with van der Waals surface area (Å²) in [4.78, 5) is 41.0. The molecule has 3 aliphatic rings. The van der Waals surface area contributed by atoms with E-state index in [0.717, 1.165) is 12.0 Å². The monoisotopic (exact) mass is 356 g/mol. The Morgan fingerprint density at radius 2 is 1.88 bits per heavy atom. The second-order valence-electron chi connectivity index (χ2n) is 7.73. The molecule has 1 aromatic carbocycles. The van der Waals surface area contributed by atoms with Crippen LogP contribution in [-0.2, 0) is 20.9 Å². The van der Waals surface area contributed by atoms with Crippen LogP contribution in [0.3, 0.4) is 0 Å². The summed E-state index contributed by atoms with van der Waals surface area (Å²) in [6, 6.07) is 9.03. The number of imide groups is 1. The van der Waals surface area contributed by atoms with Crippen molar-refractivity contribution < 1.29 is 19.1 Å². The number of carbonyl (C=O) groups excluding carboxylic acids is 3. The van der Waals surface area contributed by atoms with Crippen molar-refractivity contribution in [3.63, 3.8) is 0 Å². The first-order valence-electron chi connectivity index (χ1n) is 9.33. The average molecular weight is 356 g/mol. The lowest BCUT2D eigenvalue weighted by molar-refractivity contribution is -0.146. The highest BCUT2D eigenvalue weighted by molar-refractivity contribution is 6.01. The van der Waals surface area contributed by atoms with Gasteiger partial charge in [0.05, 0.1) is 18.0 Å². The SMILES string of the molecule is CC1CC1C(=O)N1C(=O)[C@H](C)[C@H]2[C@H]1CCN2C(=O)OCc1ccccc1. The molecule has 3 fully saturated rings. The summed E-state index contributed by atoms with van der Waals surface area (Å²) in [6.07, 6.45) is 1.08. The van der Waals surface area contributed by atoms with Crippen molar-refractivity contribution in [1.82, 2.24) is 9.80 Å². The van der Waals surface area contributed by atoms with E-state index in [0.29, 0.717) is 18.9 Å². The maximum absolute atomic E-state index is 12.7. The van der Waals surface area contributed by atoms with Crippen LogP contribution in [0, 0.1) is 17.8 Å². The van der Waals surface area contributed by atoms with Gasteiger partial charge in [0.1, 0.15) is 6.61 Å². The summed E-state index contributed by atoms with van der Waals surface area (Å²) in [7, 11) is 0. The minimum atomic E-state index is -0.407. The number of ether oxygens (including phenoxy) is 1. The first-order chi connectivity index (χ1) is 12.5. The summed E-state index contributed by atoms with van der Waals surface area (Å²) in [6.45, 7) is 4.57. The van der Waals surface area contributed by atoms with Gasteiger partial charge in [0.15, 0.2) is 0 Å². The molecule has 0 bridgehead atoms. The fourth-order valence-electron chi connectivity index (χ4n) is 4.34. The summed E-state index contributed by atoms with van der Waals surface area (Å²) < 4.78 is 5.45. The number of rotatable bonds is 3. The zero-order valence-corrected chi connectivity index (χ0v) is 15.1. The fraction of sp³-hybridized carbons (Fsp3) is 0.550. The number of benzene rings is 1. The van der Waals surface area contributed by atoms with Crippen molar-refractivity contribution in [3.8, 4) is 0 Å². The first kappa shape index (κ1) is 17.1. The first-order valence-corrected chi connectivity index (χ1v) is 9.33. The van der Waals surface area contributed by atoms with E-state index in [9.17, 15) is 14.4 Å².